The maximum absolute atomic E-state index is 12.0. The number of hydrogen-bond acceptors (Lipinski definition) is 3. The normalized spacial score (nSPS) is 18.9. The minimum Gasteiger partial charge on any atom is -0.340 e. The largest absolute Gasteiger partial charge is 0.340 e. The molecule has 2 rings (SSSR count). The molecule has 19 heavy (non-hydrogen) atoms. The molecule has 1 saturated heterocycles. The predicted octanol–water partition coefficient (Wildman–Crippen LogP) is 1.53. The number of benzene rings is 1. The van der Waals surface area contributed by atoms with Crippen LogP contribution in [0.2, 0.25) is 10.0 Å². The molecule has 1 aromatic carbocycles. The van der Waals surface area contributed by atoms with Gasteiger partial charge in [0.2, 0.25) is 11.8 Å². The van der Waals surface area contributed by atoms with Gasteiger partial charge in [-0.2, -0.15) is 0 Å². The van der Waals surface area contributed by atoms with Crippen molar-refractivity contribution in [3.63, 3.8) is 0 Å². The molecule has 1 aliphatic heterocycles. The van der Waals surface area contributed by atoms with Crippen molar-refractivity contribution < 1.29 is 14.4 Å². The maximum atomic E-state index is 12.0. The number of carbonyl (C=O) groups is 3. The van der Waals surface area contributed by atoms with E-state index in [1.165, 1.54) is 6.07 Å². The first-order valence-corrected chi connectivity index (χ1v) is 6.33. The molecule has 1 aromatic rings. The van der Waals surface area contributed by atoms with Crippen molar-refractivity contribution in [3.05, 3.63) is 33.8 Å². The maximum Gasteiger partial charge on any atom is 0.253 e. The smallest absolute Gasteiger partial charge is 0.253 e. The van der Waals surface area contributed by atoms with Gasteiger partial charge in [0, 0.05) is 6.42 Å². The molecular formula is C12H10Cl2N2O3. The number of imide groups is 1. The molecule has 1 heterocycles. The lowest BCUT2D eigenvalue weighted by molar-refractivity contribution is -0.134. The van der Waals surface area contributed by atoms with Crippen LogP contribution in [-0.4, -0.2) is 23.8 Å². The van der Waals surface area contributed by atoms with E-state index in [0.29, 0.717) is 0 Å². The molecule has 0 saturated carbocycles. The Bertz CT molecular complexity index is 560. The summed E-state index contributed by atoms with van der Waals surface area (Å²) >= 11 is 11.7. The van der Waals surface area contributed by atoms with E-state index in [-0.39, 0.29) is 34.4 Å². The van der Waals surface area contributed by atoms with Gasteiger partial charge in [-0.3, -0.25) is 19.7 Å². The third-order valence-corrected chi connectivity index (χ3v) is 3.56. The van der Waals surface area contributed by atoms with E-state index >= 15 is 0 Å². The monoisotopic (exact) mass is 300 g/mol. The lowest BCUT2D eigenvalue weighted by atomic mass is 10.1. The summed E-state index contributed by atoms with van der Waals surface area (Å²) in [6.07, 6.45) is 0.467. The third kappa shape index (κ3) is 3.05. The summed E-state index contributed by atoms with van der Waals surface area (Å²) in [5.74, 6) is -1.35. The van der Waals surface area contributed by atoms with E-state index in [1.54, 1.807) is 12.1 Å². The molecule has 1 aliphatic rings. The minimum absolute atomic E-state index is 0.133. The molecule has 0 aliphatic carbocycles. The second-order valence-corrected chi connectivity index (χ2v) is 4.86. The van der Waals surface area contributed by atoms with Gasteiger partial charge in [-0.05, 0) is 18.6 Å². The Kier molecular flexibility index (Phi) is 4.07. The molecule has 0 bridgehead atoms. The first-order valence-electron chi connectivity index (χ1n) is 5.57. The van der Waals surface area contributed by atoms with Crippen molar-refractivity contribution in [2.24, 2.45) is 0 Å². The molecule has 7 heteroatoms. The van der Waals surface area contributed by atoms with Gasteiger partial charge in [0.1, 0.15) is 6.04 Å². The molecule has 5 nitrogen and oxygen atoms in total. The number of piperidine rings is 1. The van der Waals surface area contributed by atoms with Crippen LogP contribution in [0.1, 0.15) is 23.2 Å². The van der Waals surface area contributed by atoms with E-state index in [9.17, 15) is 14.4 Å². The first-order chi connectivity index (χ1) is 8.99. The standard InChI is InChI=1S/C12H10Cl2N2O3/c13-7-3-1-2-6(10(7)14)11(18)15-8-4-5-9(17)16-12(8)19/h1-3,8H,4-5H2,(H,15,18)(H,16,17,19). The van der Waals surface area contributed by atoms with Crippen molar-refractivity contribution in [2.45, 2.75) is 18.9 Å². The van der Waals surface area contributed by atoms with Crippen LogP contribution in [0, 0.1) is 0 Å². The predicted molar refractivity (Wildman–Crippen MR) is 70.1 cm³/mol. The van der Waals surface area contributed by atoms with Crippen LogP contribution in [0.3, 0.4) is 0 Å². The zero-order chi connectivity index (χ0) is 14.0. The highest BCUT2D eigenvalue weighted by atomic mass is 35.5. The molecular weight excluding hydrogens is 291 g/mol. The molecule has 2 N–H and O–H groups in total. The topological polar surface area (TPSA) is 75.3 Å². The highest BCUT2D eigenvalue weighted by Gasteiger charge is 2.28. The van der Waals surface area contributed by atoms with E-state index < -0.39 is 17.9 Å². The zero-order valence-corrected chi connectivity index (χ0v) is 11.2. The van der Waals surface area contributed by atoms with Gasteiger partial charge in [-0.1, -0.05) is 29.3 Å². The van der Waals surface area contributed by atoms with Crippen molar-refractivity contribution in [2.75, 3.05) is 0 Å². The van der Waals surface area contributed by atoms with Crippen molar-refractivity contribution in [3.8, 4) is 0 Å². The quantitative estimate of drug-likeness (QED) is 0.813. The summed E-state index contributed by atoms with van der Waals surface area (Å²) in [5, 5.41) is 5.08. The molecule has 0 aromatic heterocycles. The minimum atomic E-state index is -0.736. The van der Waals surface area contributed by atoms with Gasteiger partial charge >= 0.3 is 0 Å². The van der Waals surface area contributed by atoms with Crippen molar-refractivity contribution in [1.82, 2.24) is 10.6 Å². The van der Waals surface area contributed by atoms with E-state index in [2.05, 4.69) is 10.6 Å². The van der Waals surface area contributed by atoms with E-state index in [0.717, 1.165) is 0 Å². The Balaban J connectivity index is 2.11. The average molecular weight is 301 g/mol. The van der Waals surface area contributed by atoms with Crippen LogP contribution >= 0.6 is 23.2 Å². The molecule has 0 radical (unpaired) electrons. The van der Waals surface area contributed by atoms with Gasteiger partial charge < -0.3 is 5.32 Å². The van der Waals surface area contributed by atoms with E-state index in [4.69, 9.17) is 23.2 Å². The van der Waals surface area contributed by atoms with Crippen LogP contribution in [0.15, 0.2) is 18.2 Å². The van der Waals surface area contributed by atoms with E-state index in [1.807, 2.05) is 0 Å². The molecule has 100 valence electrons. The van der Waals surface area contributed by atoms with Crippen LogP contribution in [0.25, 0.3) is 0 Å². The summed E-state index contributed by atoms with van der Waals surface area (Å²) < 4.78 is 0. The summed E-state index contributed by atoms with van der Waals surface area (Å²) in [4.78, 5) is 34.5. The lowest BCUT2D eigenvalue weighted by Crippen LogP contribution is -2.52. The SMILES string of the molecule is O=C1CCC(NC(=O)c2cccc(Cl)c2Cl)C(=O)N1. The van der Waals surface area contributed by atoms with Gasteiger partial charge in [-0.15, -0.1) is 0 Å². The fourth-order valence-corrected chi connectivity index (χ4v) is 2.13. The Morgan fingerprint density at radius 2 is 2.05 bits per heavy atom. The number of nitrogens with one attached hydrogen (secondary N) is 2. The Hall–Kier alpha value is -1.59. The van der Waals surface area contributed by atoms with Crippen molar-refractivity contribution >= 4 is 40.9 Å². The molecule has 1 unspecified atom stereocenters. The number of carbonyl (C=O) groups excluding carboxylic acids is 3. The fraction of sp³-hybridized carbons (Fsp3) is 0.250. The van der Waals surface area contributed by atoms with Gasteiger partial charge in [0.25, 0.3) is 5.91 Å². The second-order valence-electron chi connectivity index (χ2n) is 4.08. The highest BCUT2D eigenvalue weighted by molar-refractivity contribution is 6.43. The first kappa shape index (κ1) is 13.8. The van der Waals surface area contributed by atoms with Crippen LogP contribution in [-0.2, 0) is 9.59 Å². The number of rotatable bonds is 2. The second kappa shape index (κ2) is 5.59. The van der Waals surface area contributed by atoms with Crippen LogP contribution in [0.5, 0.6) is 0 Å². The number of hydrogen-bond donors (Lipinski definition) is 2. The lowest BCUT2D eigenvalue weighted by Gasteiger charge is -2.22. The Morgan fingerprint density at radius 3 is 2.74 bits per heavy atom. The van der Waals surface area contributed by atoms with Crippen LogP contribution in [0.4, 0.5) is 0 Å². The molecule has 0 spiro atoms. The zero-order valence-electron chi connectivity index (χ0n) is 9.70. The third-order valence-electron chi connectivity index (χ3n) is 2.74. The Labute approximate surface area is 119 Å². The summed E-state index contributed by atoms with van der Waals surface area (Å²) in [6.45, 7) is 0. The number of halogens is 2. The molecule has 1 atom stereocenters. The van der Waals surface area contributed by atoms with Crippen molar-refractivity contribution in [1.29, 1.82) is 0 Å². The Morgan fingerprint density at radius 1 is 1.32 bits per heavy atom. The van der Waals surface area contributed by atoms with Gasteiger partial charge in [0.15, 0.2) is 0 Å². The number of amides is 3. The fourth-order valence-electron chi connectivity index (χ4n) is 1.75. The molecule has 3 amide bonds. The molecule has 1 fully saturated rings. The summed E-state index contributed by atoms with van der Waals surface area (Å²) in [6, 6.07) is 3.93. The van der Waals surface area contributed by atoms with Gasteiger partial charge in [-0.25, -0.2) is 0 Å². The van der Waals surface area contributed by atoms with Gasteiger partial charge in [0.05, 0.1) is 15.6 Å². The highest BCUT2D eigenvalue weighted by Crippen LogP contribution is 2.25. The summed E-state index contributed by atoms with van der Waals surface area (Å²) in [5.41, 5.74) is 0.193. The van der Waals surface area contributed by atoms with Crippen LogP contribution < -0.4 is 10.6 Å². The average Bonchev–Trinajstić information content (AvgIpc) is 2.36. The summed E-state index contributed by atoms with van der Waals surface area (Å²) in [7, 11) is 0.